The molecule has 0 fully saturated rings. The number of hydrogen-bond donors (Lipinski definition) is 1. The zero-order chi connectivity index (χ0) is 21.4. The van der Waals surface area contributed by atoms with Gasteiger partial charge in [0.1, 0.15) is 12.3 Å². The average molecular weight is 462 g/mol. The van der Waals surface area contributed by atoms with Crippen molar-refractivity contribution in [3.8, 4) is 17.0 Å². The van der Waals surface area contributed by atoms with Crippen molar-refractivity contribution in [2.24, 2.45) is 0 Å². The van der Waals surface area contributed by atoms with E-state index in [0.717, 1.165) is 16.3 Å². The van der Waals surface area contributed by atoms with E-state index in [9.17, 15) is 9.59 Å². The number of nitrogens with zero attached hydrogens (tertiary/aromatic N) is 2. The number of carbonyl (C=O) groups is 2. The molecule has 2 amide bonds. The number of fused-ring (bicyclic) bond motifs is 1. The Kier molecular flexibility index (Phi) is 5.69. The van der Waals surface area contributed by atoms with Crippen LogP contribution in [0.2, 0.25) is 10.0 Å². The molecule has 4 rings (SSSR count). The summed E-state index contributed by atoms with van der Waals surface area (Å²) in [6.45, 7) is 3.39. The molecule has 6 nitrogen and oxygen atoms in total. The number of benzene rings is 2. The van der Waals surface area contributed by atoms with Gasteiger partial charge in [0, 0.05) is 16.0 Å². The number of amides is 2. The van der Waals surface area contributed by atoms with E-state index in [1.54, 1.807) is 42.5 Å². The number of thiazole rings is 1. The van der Waals surface area contributed by atoms with Crippen molar-refractivity contribution in [2.45, 2.75) is 20.0 Å². The Labute approximate surface area is 187 Å². The van der Waals surface area contributed by atoms with Gasteiger partial charge < -0.3 is 10.1 Å². The fraction of sp³-hybridized carbons (Fsp3) is 0.190. The maximum absolute atomic E-state index is 12.8. The third kappa shape index (κ3) is 4.14. The van der Waals surface area contributed by atoms with Crippen LogP contribution in [-0.4, -0.2) is 29.4 Å². The lowest BCUT2D eigenvalue weighted by atomic mass is 10.1. The highest BCUT2D eigenvalue weighted by Gasteiger charge is 2.33. The Hall–Kier alpha value is -2.61. The molecule has 3 aromatic rings. The normalized spacial score (nSPS) is 15.5. The van der Waals surface area contributed by atoms with E-state index in [1.165, 1.54) is 4.90 Å². The molecule has 2 aromatic carbocycles. The van der Waals surface area contributed by atoms with Gasteiger partial charge in [0.25, 0.3) is 5.91 Å². The maximum Gasteiger partial charge on any atom is 0.268 e. The molecule has 0 spiro atoms. The molecule has 1 aromatic heterocycles. The minimum absolute atomic E-state index is 0.193. The Bertz CT molecular complexity index is 1150. The predicted molar refractivity (Wildman–Crippen MR) is 120 cm³/mol. The van der Waals surface area contributed by atoms with Gasteiger partial charge >= 0.3 is 0 Å². The van der Waals surface area contributed by atoms with Crippen LogP contribution in [0.4, 0.5) is 11.4 Å². The molecule has 1 aliphatic heterocycles. The van der Waals surface area contributed by atoms with Crippen LogP contribution in [0.3, 0.4) is 0 Å². The van der Waals surface area contributed by atoms with Gasteiger partial charge in [-0.1, -0.05) is 23.2 Å². The summed E-state index contributed by atoms with van der Waals surface area (Å²) in [4.78, 5) is 31.4. The van der Waals surface area contributed by atoms with E-state index in [-0.39, 0.29) is 12.5 Å². The first kappa shape index (κ1) is 20.7. The van der Waals surface area contributed by atoms with E-state index in [2.05, 4.69) is 10.3 Å². The van der Waals surface area contributed by atoms with Gasteiger partial charge in [-0.15, -0.1) is 11.3 Å². The van der Waals surface area contributed by atoms with Gasteiger partial charge in [0.15, 0.2) is 6.10 Å². The molecule has 0 saturated carbocycles. The molecule has 1 aliphatic rings. The van der Waals surface area contributed by atoms with Crippen LogP contribution >= 0.6 is 34.5 Å². The van der Waals surface area contributed by atoms with E-state index in [4.69, 9.17) is 27.9 Å². The van der Waals surface area contributed by atoms with Crippen molar-refractivity contribution in [1.29, 1.82) is 0 Å². The quantitative estimate of drug-likeness (QED) is 0.580. The highest BCUT2D eigenvalue weighted by Crippen LogP contribution is 2.38. The number of halogens is 2. The monoisotopic (exact) mass is 461 g/mol. The molecule has 9 heteroatoms. The zero-order valence-corrected chi connectivity index (χ0v) is 18.4. The van der Waals surface area contributed by atoms with Crippen molar-refractivity contribution >= 4 is 57.7 Å². The summed E-state index contributed by atoms with van der Waals surface area (Å²) in [5, 5.41) is 6.41. The molecule has 0 bridgehead atoms. The summed E-state index contributed by atoms with van der Waals surface area (Å²) < 4.78 is 5.73. The van der Waals surface area contributed by atoms with Crippen molar-refractivity contribution in [3.63, 3.8) is 0 Å². The van der Waals surface area contributed by atoms with Crippen LogP contribution in [0.5, 0.6) is 5.75 Å². The topological polar surface area (TPSA) is 71.5 Å². The number of ether oxygens (including phenoxy) is 1. The first-order valence-corrected chi connectivity index (χ1v) is 10.7. The minimum atomic E-state index is -0.701. The van der Waals surface area contributed by atoms with Crippen LogP contribution in [0.1, 0.15) is 11.9 Å². The van der Waals surface area contributed by atoms with Crippen molar-refractivity contribution in [2.75, 3.05) is 16.8 Å². The van der Waals surface area contributed by atoms with Crippen LogP contribution in [0, 0.1) is 6.92 Å². The fourth-order valence-corrected chi connectivity index (χ4v) is 4.11. The van der Waals surface area contributed by atoms with Gasteiger partial charge in [0.05, 0.1) is 27.1 Å². The van der Waals surface area contributed by atoms with Crippen LogP contribution < -0.4 is 15.0 Å². The summed E-state index contributed by atoms with van der Waals surface area (Å²) in [6.07, 6.45) is -0.701. The van der Waals surface area contributed by atoms with E-state index in [1.807, 2.05) is 24.4 Å². The van der Waals surface area contributed by atoms with Crippen molar-refractivity contribution in [1.82, 2.24) is 4.98 Å². The van der Waals surface area contributed by atoms with Crippen LogP contribution in [0.25, 0.3) is 11.3 Å². The summed E-state index contributed by atoms with van der Waals surface area (Å²) in [5.74, 6) is -0.171. The molecule has 154 valence electrons. The predicted octanol–water partition coefficient (Wildman–Crippen LogP) is 5.18. The SMILES string of the molecule is Cc1nc(-c2ccc3c(c2)N(CC(=O)Nc2cc(Cl)ccc2Cl)C(=O)C(C)O3)cs1. The summed E-state index contributed by atoms with van der Waals surface area (Å²) in [5.41, 5.74) is 2.55. The third-order valence-corrected chi connectivity index (χ3v) is 5.92. The Morgan fingerprint density at radius 1 is 1.27 bits per heavy atom. The number of carbonyl (C=O) groups excluding carboxylic acids is 2. The molecule has 1 N–H and O–H groups in total. The standard InChI is InChI=1S/C21H17Cl2N3O3S/c1-11-21(28)26(9-20(27)25-16-8-14(22)4-5-15(16)23)18-7-13(3-6-19(18)29-11)17-10-30-12(2)24-17/h3-8,10-11H,9H2,1-2H3,(H,25,27). The Balaban J connectivity index is 1.63. The van der Waals surface area contributed by atoms with Crippen molar-refractivity contribution < 1.29 is 14.3 Å². The molecule has 30 heavy (non-hydrogen) atoms. The fourth-order valence-electron chi connectivity index (χ4n) is 3.15. The summed E-state index contributed by atoms with van der Waals surface area (Å²) >= 11 is 13.7. The van der Waals surface area contributed by atoms with Gasteiger partial charge in [0.2, 0.25) is 5.91 Å². The maximum atomic E-state index is 12.8. The van der Waals surface area contributed by atoms with Gasteiger partial charge in [-0.25, -0.2) is 4.98 Å². The Morgan fingerprint density at radius 3 is 2.80 bits per heavy atom. The lowest BCUT2D eigenvalue weighted by Crippen LogP contribution is -2.47. The number of hydrogen-bond acceptors (Lipinski definition) is 5. The first-order valence-electron chi connectivity index (χ1n) is 9.11. The van der Waals surface area contributed by atoms with Gasteiger partial charge in [-0.3, -0.25) is 14.5 Å². The molecular weight excluding hydrogens is 445 g/mol. The number of aryl methyl sites for hydroxylation is 1. The van der Waals surface area contributed by atoms with Crippen molar-refractivity contribution in [3.05, 3.63) is 56.8 Å². The highest BCUT2D eigenvalue weighted by atomic mass is 35.5. The third-order valence-electron chi connectivity index (χ3n) is 4.59. The van der Waals surface area contributed by atoms with Gasteiger partial charge in [-0.05, 0) is 50.2 Å². The van der Waals surface area contributed by atoms with E-state index < -0.39 is 12.0 Å². The molecule has 1 atom stereocenters. The zero-order valence-electron chi connectivity index (χ0n) is 16.1. The number of aromatic nitrogens is 1. The summed E-state index contributed by atoms with van der Waals surface area (Å²) in [6, 6.07) is 10.3. The molecule has 1 unspecified atom stereocenters. The lowest BCUT2D eigenvalue weighted by molar-refractivity contribution is -0.127. The number of rotatable bonds is 4. The molecule has 0 saturated heterocycles. The largest absolute Gasteiger partial charge is 0.479 e. The average Bonchev–Trinajstić information content (AvgIpc) is 3.14. The second kappa shape index (κ2) is 8.26. The lowest BCUT2D eigenvalue weighted by Gasteiger charge is -2.33. The van der Waals surface area contributed by atoms with E-state index >= 15 is 0 Å². The van der Waals surface area contributed by atoms with E-state index in [0.29, 0.717) is 27.2 Å². The highest BCUT2D eigenvalue weighted by molar-refractivity contribution is 7.09. The second-order valence-corrected chi connectivity index (χ2v) is 8.70. The molecule has 2 heterocycles. The summed E-state index contributed by atoms with van der Waals surface area (Å²) in [7, 11) is 0. The smallest absolute Gasteiger partial charge is 0.268 e. The molecular formula is C21H17Cl2N3O3S. The molecule has 0 radical (unpaired) electrons. The van der Waals surface area contributed by atoms with Crippen LogP contribution in [0.15, 0.2) is 41.8 Å². The molecule has 0 aliphatic carbocycles. The van der Waals surface area contributed by atoms with Gasteiger partial charge in [-0.2, -0.15) is 0 Å². The number of nitrogens with one attached hydrogen (secondary N) is 1. The minimum Gasteiger partial charge on any atom is -0.479 e. The van der Waals surface area contributed by atoms with Crippen LogP contribution in [-0.2, 0) is 9.59 Å². The Morgan fingerprint density at radius 2 is 2.07 bits per heavy atom. The first-order chi connectivity index (χ1) is 14.3. The number of anilines is 2. The second-order valence-electron chi connectivity index (χ2n) is 6.79.